The highest BCUT2D eigenvalue weighted by atomic mass is 16.5. The molecule has 1 amide bonds. The fourth-order valence-corrected chi connectivity index (χ4v) is 3.26. The van der Waals surface area contributed by atoms with Crippen molar-refractivity contribution in [3.63, 3.8) is 0 Å². The largest absolute Gasteiger partial charge is 0.468 e. The van der Waals surface area contributed by atoms with Crippen LogP contribution in [-0.4, -0.2) is 37.6 Å². The van der Waals surface area contributed by atoms with Gasteiger partial charge in [0.15, 0.2) is 0 Å². The summed E-state index contributed by atoms with van der Waals surface area (Å²) in [6.45, 7) is 2.51. The minimum absolute atomic E-state index is 0.162. The number of methoxy groups -OCH3 is 1. The van der Waals surface area contributed by atoms with Gasteiger partial charge < -0.3 is 14.1 Å². The molecule has 1 aromatic rings. The number of carbonyl (C=O) groups excluding carboxylic acids is 1. The van der Waals surface area contributed by atoms with Gasteiger partial charge in [0.05, 0.1) is 11.8 Å². The van der Waals surface area contributed by atoms with Crippen LogP contribution in [0.1, 0.15) is 60.6 Å². The predicted molar refractivity (Wildman–Crippen MR) is 80.4 cm³/mol. The Morgan fingerprint density at radius 1 is 1.38 bits per heavy atom. The Labute approximate surface area is 126 Å². The van der Waals surface area contributed by atoms with Crippen LogP contribution in [0.4, 0.5) is 0 Å². The number of rotatable bonds is 5. The molecule has 1 saturated carbocycles. The lowest BCUT2D eigenvalue weighted by Gasteiger charge is -2.24. The van der Waals surface area contributed by atoms with Gasteiger partial charge in [-0.15, -0.1) is 0 Å². The first-order valence-corrected chi connectivity index (χ1v) is 8.15. The first-order chi connectivity index (χ1) is 10.3. The van der Waals surface area contributed by atoms with E-state index in [1.807, 2.05) is 11.0 Å². The molecular formula is C17H25NO3. The van der Waals surface area contributed by atoms with Gasteiger partial charge in [-0.25, -0.2) is 0 Å². The number of hydrogen-bond donors (Lipinski definition) is 0. The number of hydrogen-bond acceptors (Lipinski definition) is 3. The first-order valence-electron chi connectivity index (χ1n) is 8.15. The highest BCUT2D eigenvalue weighted by Crippen LogP contribution is 2.42. The molecule has 0 aromatic carbocycles. The SMILES string of the molecule is COCC[C@@H]1CCCCN(C(=O)c2ccoc2C2CC2)C1. The number of likely N-dealkylation sites (tertiary alicyclic amines) is 1. The highest BCUT2D eigenvalue weighted by Gasteiger charge is 2.33. The summed E-state index contributed by atoms with van der Waals surface area (Å²) in [6, 6.07) is 1.85. The lowest BCUT2D eigenvalue weighted by atomic mass is 10.00. The van der Waals surface area contributed by atoms with Crippen LogP contribution in [0.2, 0.25) is 0 Å². The summed E-state index contributed by atoms with van der Waals surface area (Å²) in [5, 5.41) is 0. The molecule has 1 aliphatic carbocycles. The summed E-state index contributed by atoms with van der Waals surface area (Å²) >= 11 is 0. The summed E-state index contributed by atoms with van der Waals surface area (Å²) in [5.41, 5.74) is 0.796. The standard InChI is InChI=1S/C17H25NO3/c1-20-10-7-13-4-2-3-9-18(12-13)17(19)15-8-11-21-16(15)14-5-6-14/h8,11,13-14H,2-7,9-10,12H2,1H3/t13-/m0/s1. The number of ether oxygens (including phenoxy) is 1. The molecule has 1 aliphatic heterocycles. The molecule has 2 fully saturated rings. The molecular weight excluding hydrogens is 266 g/mol. The highest BCUT2D eigenvalue weighted by molar-refractivity contribution is 5.95. The van der Waals surface area contributed by atoms with Crippen LogP contribution >= 0.6 is 0 Å². The van der Waals surface area contributed by atoms with Gasteiger partial charge >= 0.3 is 0 Å². The fraction of sp³-hybridized carbons (Fsp3) is 0.706. The molecule has 21 heavy (non-hydrogen) atoms. The Bertz CT molecular complexity index is 478. The molecule has 0 spiro atoms. The quantitative estimate of drug-likeness (QED) is 0.834. The van der Waals surface area contributed by atoms with Crippen LogP contribution in [0.15, 0.2) is 16.7 Å². The zero-order valence-corrected chi connectivity index (χ0v) is 12.8. The lowest BCUT2D eigenvalue weighted by molar-refractivity contribution is 0.0725. The third kappa shape index (κ3) is 3.49. The third-order valence-electron chi connectivity index (χ3n) is 4.66. The van der Waals surface area contributed by atoms with E-state index < -0.39 is 0 Å². The van der Waals surface area contributed by atoms with Gasteiger partial charge in [-0.1, -0.05) is 6.42 Å². The maximum Gasteiger partial charge on any atom is 0.257 e. The van der Waals surface area contributed by atoms with E-state index in [0.29, 0.717) is 11.8 Å². The van der Waals surface area contributed by atoms with Crippen molar-refractivity contribution in [1.29, 1.82) is 0 Å². The van der Waals surface area contributed by atoms with Crippen LogP contribution in [0, 0.1) is 5.92 Å². The van der Waals surface area contributed by atoms with Crippen LogP contribution in [-0.2, 0) is 4.74 Å². The van der Waals surface area contributed by atoms with Crippen molar-refractivity contribution in [2.24, 2.45) is 5.92 Å². The molecule has 2 heterocycles. The average molecular weight is 291 g/mol. The van der Waals surface area contributed by atoms with Crippen LogP contribution in [0.5, 0.6) is 0 Å². The van der Waals surface area contributed by atoms with Crippen molar-refractivity contribution in [2.45, 2.75) is 44.4 Å². The molecule has 4 heteroatoms. The number of carbonyl (C=O) groups is 1. The normalized spacial score (nSPS) is 23.1. The summed E-state index contributed by atoms with van der Waals surface area (Å²) in [5.74, 6) is 2.12. The Kier molecular flexibility index (Phi) is 4.63. The zero-order valence-electron chi connectivity index (χ0n) is 12.8. The van der Waals surface area contributed by atoms with E-state index in [-0.39, 0.29) is 5.91 Å². The van der Waals surface area contributed by atoms with Gasteiger partial charge in [0.25, 0.3) is 5.91 Å². The van der Waals surface area contributed by atoms with Gasteiger partial charge in [-0.3, -0.25) is 4.79 Å². The second kappa shape index (κ2) is 6.65. The molecule has 1 atom stereocenters. The number of furan rings is 1. The molecule has 2 aliphatic rings. The van der Waals surface area contributed by atoms with Crippen molar-refractivity contribution < 1.29 is 13.9 Å². The molecule has 1 saturated heterocycles. The monoisotopic (exact) mass is 291 g/mol. The Balaban J connectivity index is 1.68. The van der Waals surface area contributed by atoms with Crippen molar-refractivity contribution in [1.82, 2.24) is 4.90 Å². The molecule has 0 bridgehead atoms. The minimum atomic E-state index is 0.162. The maximum absolute atomic E-state index is 12.8. The zero-order chi connectivity index (χ0) is 14.7. The molecule has 4 nitrogen and oxygen atoms in total. The Morgan fingerprint density at radius 2 is 2.24 bits per heavy atom. The van der Waals surface area contributed by atoms with E-state index in [1.54, 1.807) is 13.4 Å². The van der Waals surface area contributed by atoms with Crippen LogP contribution in [0.25, 0.3) is 0 Å². The van der Waals surface area contributed by atoms with E-state index in [4.69, 9.17) is 9.15 Å². The van der Waals surface area contributed by atoms with Gasteiger partial charge in [0.2, 0.25) is 0 Å². The van der Waals surface area contributed by atoms with Crippen molar-refractivity contribution >= 4 is 5.91 Å². The average Bonchev–Trinajstić information content (AvgIpc) is 3.27. The summed E-state index contributed by atoms with van der Waals surface area (Å²) in [7, 11) is 1.74. The topological polar surface area (TPSA) is 42.7 Å². The predicted octanol–water partition coefficient (Wildman–Crippen LogP) is 3.44. The van der Waals surface area contributed by atoms with Crippen LogP contribution in [0.3, 0.4) is 0 Å². The molecule has 0 radical (unpaired) electrons. The molecule has 1 aromatic heterocycles. The number of amides is 1. The van der Waals surface area contributed by atoms with Gasteiger partial charge in [0.1, 0.15) is 5.76 Å². The first kappa shape index (κ1) is 14.6. The van der Waals surface area contributed by atoms with Gasteiger partial charge in [0, 0.05) is 32.7 Å². The van der Waals surface area contributed by atoms with E-state index in [9.17, 15) is 4.79 Å². The van der Waals surface area contributed by atoms with Crippen LogP contribution < -0.4 is 0 Å². The van der Waals surface area contributed by atoms with E-state index >= 15 is 0 Å². The Hall–Kier alpha value is -1.29. The van der Waals surface area contributed by atoms with E-state index in [1.165, 1.54) is 12.8 Å². The third-order valence-corrected chi connectivity index (χ3v) is 4.66. The molecule has 0 N–H and O–H groups in total. The van der Waals surface area contributed by atoms with E-state index in [2.05, 4.69) is 0 Å². The lowest BCUT2D eigenvalue weighted by Crippen LogP contribution is -2.35. The van der Waals surface area contributed by atoms with Crippen molar-refractivity contribution in [3.05, 3.63) is 23.7 Å². The Morgan fingerprint density at radius 3 is 3.00 bits per heavy atom. The maximum atomic E-state index is 12.8. The molecule has 3 rings (SSSR count). The van der Waals surface area contributed by atoms with Gasteiger partial charge in [-0.05, 0) is 44.1 Å². The fourth-order valence-electron chi connectivity index (χ4n) is 3.26. The summed E-state index contributed by atoms with van der Waals surface area (Å²) in [6.07, 6.45) is 8.54. The second-order valence-corrected chi connectivity index (χ2v) is 6.37. The second-order valence-electron chi connectivity index (χ2n) is 6.37. The van der Waals surface area contributed by atoms with Crippen molar-refractivity contribution in [2.75, 3.05) is 26.8 Å². The molecule has 0 unspecified atom stereocenters. The summed E-state index contributed by atoms with van der Waals surface area (Å²) in [4.78, 5) is 14.9. The smallest absolute Gasteiger partial charge is 0.257 e. The van der Waals surface area contributed by atoms with Gasteiger partial charge in [-0.2, -0.15) is 0 Å². The van der Waals surface area contributed by atoms with E-state index in [0.717, 1.165) is 56.7 Å². The minimum Gasteiger partial charge on any atom is -0.468 e. The van der Waals surface area contributed by atoms with Crippen molar-refractivity contribution in [3.8, 4) is 0 Å². The number of nitrogens with zero attached hydrogens (tertiary/aromatic N) is 1. The summed E-state index contributed by atoms with van der Waals surface area (Å²) < 4.78 is 10.7. The molecule has 116 valence electrons.